The molecule has 218 valence electrons. The molecule has 43 heavy (non-hydrogen) atoms. The topological polar surface area (TPSA) is 84.8 Å². The molecule has 1 heterocycles. The first-order valence-corrected chi connectivity index (χ1v) is 15.2. The first kappa shape index (κ1) is 30.2. The van der Waals surface area contributed by atoms with Crippen LogP contribution in [0.5, 0.6) is 11.5 Å². The Hall–Kier alpha value is -4.25. The molecular weight excluding hydrogens is 655 g/mol. The highest BCUT2D eigenvalue weighted by molar-refractivity contribution is 9.10. The van der Waals surface area contributed by atoms with Crippen LogP contribution in [0.2, 0.25) is 5.02 Å². The Kier molecular flexibility index (Phi) is 10.0. The highest BCUT2D eigenvalue weighted by Crippen LogP contribution is 2.37. The standard InChI is InChI=1S/C32H25BrClFN4O3S/c1-2-41-29-16-21(15-27(33)30(29)42-18-20-3-11-25(35)12-4-20)17-36-39-31(40)23-7-5-22(6-8-23)28-19-43-32(38-28)37-26-13-9-24(34)10-14-26/h3-17,19H,2,18H2,1H3,(H,37,38)(H,39,40)/b36-17+. The van der Waals surface area contributed by atoms with E-state index in [0.717, 1.165) is 27.6 Å². The predicted octanol–water partition coefficient (Wildman–Crippen LogP) is 8.85. The van der Waals surface area contributed by atoms with Gasteiger partial charge in [-0.1, -0.05) is 35.9 Å². The van der Waals surface area contributed by atoms with Crippen molar-refractivity contribution in [3.63, 3.8) is 0 Å². The van der Waals surface area contributed by atoms with Crippen LogP contribution in [0, 0.1) is 5.82 Å². The van der Waals surface area contributed by atoms with Crippen LogP contribution in [0.25, 0.3) is 11.3 Å². The molecule has 0 saturated heterocycles. The summed E-state index contributed by atoms with van der Waals surface area (Å²) in [6.07, 6.45) is 1.52. The molecule has 0 aliphatic carbocycles. The third-order valence-corrected chi connectivity index (χ3v) is 7.65. The quantitative estimate of drug-likeness (QED) is 0.108. The molecule has 5 aromatic rings. The first-order chi connectivity index (χ1) is 20.9. The van der Waals surface area contributed by atoms with Crippen molar-refractivity contribution in [1.29, 1.82) is 0 Å². The molecule has 2 N–H and O–H groups in total. The highest BCUT2D eigenvalue weighted by atomic mass is 79.9. The van der Waals surface area contributed by atoms with E-state index in [4.69, 9.17) is 21.1 Å². The number of hydrazone groups is 1. The minimum absolute atomic E-state index is 0.241. The van der Waals surface area contributed by atoms with Crippen LogP contribution in [-0.4, -0.2) is 23.7 Å². The number of anilines is 2. The van der Waals surface area contributed by atoms with Crippen LogP contribution in [0.1, 0.15) is 28.4 Å². The average molecular weight is 680 g/mol. The van der Waals surface area contributed by atoms with E-state index < -0.39 is 0 Å². The molecule has 0 bridgehead atoms. The van der Waals surface area contributed by atoms with Gasteiger partial charge in [0.1, 0.15) is 12.4 Å². The number of carbonyl (C=O) groups excluding carboxylic acids is 1. The zero-order valence-corrected chi connectivity index (χ0v) is 26.0. The SMILES string of the molecule is CCOc1cc(/C=N/NC(=O)c2ccc(-c3csc(Nc4ccc(Cl)cc4)n3)cc2)cc(Br)c1OCc1ccc(F)cc1. The number of thiazole rings is 1. The molecular formula is C32H25BrClFN4O3S. The summed E-state index contributed by atoms with van der Waals surface area (Å²) in [5.74, 6) is 0.368. The number of amides is 1. The summed E-state index contributed by atoms with van der Waals surface area (Å²) < 4.78 is 25.6. The van der Waals surface area contributed by atoms with E-state index in [9.17, 15) is 9.18 Å². The Bertz CT molecular complexity index is 1730. The molecule has 7 nitrogen and oxygen atoms in total. The Morgan fingerprint density at radius 3 is 2.51 bits per heavy atom. The molecule has 0 spiro atoms. The largest absolute Gasteiger partial charge is 0.490 e. The number of rotatable bonds is 11. The maximum Gasteiger partial charge on any atom is 0.271 e. The third-order valence-electron chi connectivity index (χ3n) is 6.05. The van der Waals surface area contributed by atoms with Gasteiger partial charge in [-0.05, 0) is 94.6 Å². The lowest BCUT2D eigenvalue weighted by atomic mass is 10.1. The van der Waals surface area contributed by atoms with Crippen LogP contribution in [0.15, 0.2) is 99.9 Å². The van der Waals surface area contributed by atoms with Gasteiger partial charge >= 0.3 is 0 Å². The van der Waals surface area contributed by atoms with Gasteiger partial charge in [-0.25, -0.2) is 14.8 Å². The van der Waals surface area contributed by atoms with E-state index in [0.29, 0.717) is 38.7 Å². The van der Waals surface area contributed by atoms with Crippen LogP contribution in [0.3, 0.4) is 0 Å². The fraction of sp³-hybridized carbons (Fsp3) is 0.0938. The number of hydrogen-bond acceptors (Lipinski definition) is 7. The van der Waals surface area contributed by atoms with Gasteiger partial charge in [0.15, 0.2) is 16.6 Å². The predicted molar refractivity (Wildman–Crippen MR) is 173 cm³/mol. The van der Waals surface area contributed by atoms with Gasteiger partial charge in [-0.3, -0.25) is 4.79 Å². The minimum Gasteiger partial charge on any atom is -0.490 e. The van der Waals surface area contributed by atoms with Gasteiger partial charge in [0.25, 0.3) is 5.91 Å². The number of nitrogens with one attached hydrogen (secondary N) is 2. The van der Waals surface area contributed by atoms with Crippen molar-refractivity contribution in [2.45, 2.75) is 13.5 Å². The highest BCUT2D eigenvalue weighted by Gasteiger charge is 2.13. The second-order valence-electron chi connectivity index (χ2n) is 9.12. The van der Waals surface area contributed by atoms with Gasteiger partial charge < -0.3 is 14.8 Å². The lowest BCUT2D eigenvalue weighted by Gasteiger charge is -2.14. The van der Waals surface area contributed by atoms with E-state index in [1.165, 1.54) is 29.7 Å². The summed E-state index contributed by atoms with van der Waals surface area (Å²) in [5, 5.41) is 10.7. The lowest BCUT2D eigenvalue weighted by Crippen LogP contribution is -2.17. The molecule has 0 radical (unpaired) electrons. The number of benzene rings is 4. The van der Waals surface area contributed by atoms with E-state index in [1.54, 1.807) is 36.4 Å². The molecule has 1 aromatic heterocycles. The summed E-state index contributed by atoms with van der Waals surface area (Å²) in [4.78, 5) is 17.3. The van der Waals surface area contributed by atoms with Gasteiger partial charge in [0, 0.05) is 27.2 Å². The second-order valence-corrected chi connectivity index (χ2v) is 11.3. The molecule has 0 saturated carbocycles. The third kappa shape index (κ3) is 8.19. The van der Waals surface area contributed by atoms with Gasteiger partial charge in [-0.15, -0.1) is 11.3 Å². The van der Waals surface area contributed by atoms with Crippen molar-refractivity contribution in [2.24, 2.45) is 5.10 Å². The Morgan fingerprint density at radius 2 is 1.79 bits per heavy atom. The lowest BCUT2D eigenvalue weighted by molar-refractivity contribution is 0.0955. The van der Waals surface area contributed by atoms with Crippen LogP contribution in [-0.2, 0) is 6.61 Å². The van der Waals surface area contributed by atoms with Gasteiger partial charge in [-0.2, -0.15) is 5.10 Å². The number of ether oxygens (including phenoxy) is 2. The summed E-state index contributed by atoms with van der Waals surface area (Å²) in [6.45, 7) is 2.54. The van der Waals surface area contributed by atoms with Gasteiger partial charge in [0.2, 0.25) is 0 Å². The van der Waals surface area contributed by atoms with Gasteiger partial charge in [0.05, 0.1) is 23.0 Å². The Labute approximate surface area is 265 Å². The maximum absolute atomic E-state index is 13.2. The maximum atomic E-state index is 13.2. The zero-order chi connectivity index (χ0) is 30.2. The summed E-state index contributed by atoms with van der Waals surface area (Å²) in [6, 6.07) is 24.2. The normalized spacial score (nSPS) is 11.0. The van der Waals surface area contributed by atoms with Crippen LogP contribution < -0.4 is 20.2 Å². The summed E-state index contributed by atoms with van der Waals surface area (Å²) >= 11 is 11.0. The first-order valence-electron chi connectivity index (χ1n) is 13.1. The minimum atomic E-state index is -0.352. The molecule has 0 unspecified atom stereocenters. The molecule has 1 amide bonds. The zero-order valence-electron chi connectivity index (χ0n) is 22.8. The van der Waals surface area contributed by atoms with Crippen molar-refractivity contribution >= 4 is 61.8 Å². The molecule has 0 fully saturated rings. The number of hydrogen-bond donors (Lipinski definition) is 2. The van der Waals surface area contributed by atoms with Crippen molar-refractivity contribution in [1.82, 2.24) is 10.4 Å². The second kappa shape index (κ2) is 14.3. The van der Waals surface area contributed by atoms with Crippen LogP contribution in [0.4, 0.5) is 15.2 Å². The molecule has 0 aliphatic rings. The smallest absolute Gasteiger partial charge is 0.271 e. The van der Waals surface area contributed by atoms with Crippen molar-refractivity contribution < 1.29 is 18.7 Å². The molecule has 0 aliphatic heterocycles. The van der Waals surface area contributed by atoms with Crippen LogP contribution >= 0.6 is 38.9 Å². The summed E-state index contributed by atoms with van der Waals surface area (Å²) in [7, 11) is 0. The average Bonchev–Trinajstić information content (AvgIpc) is 3.47. The Morgan fingerprint density at radius 1 is 1.05 bits per heavy atom. The van der Waals surface area contributed by atoms with Crippen molar-refractivity contribution in [3.8, 4) is 22.8 Å². The number of carbonyl (C=O) groups is 1. The number of aromatic nitrogens is 1. The monoisotopic (exact) mass is 678 g/mol. The van der Waals surface area contributed by atoms with Crippen molar-refractivity contribution in [2.75, 3.05) is 11.9 Å². The molecule has 4 aromatic carbocycles. The number of nitrogens with zero attached hydrogens (tertiary/aromatic N) is 2. The molecule has 0 atom stereocenters. The fourth-order valence-electron chi connectivity index (χ4n) is 3.94. The molecule has 5 rings (SSSR count). The van der Waals surface area contributed by atoms with E-state index in [1.807, 2.05) is 48.7 Å². The summed E-state index contributed by atoms with van der Waals surface area (Å²) in [5.41, 5.74) is 7.10. The Balaban J connectivity index is 1.19. The van der Waals surface area contributed by atoms with E-state index >= 15 is 0 Å². The number of halogens is 3. The molecule has 11 heteroatoms. The van der Waals surface area contributed by atoms with Crippen molar-refractivity contribution in [3.05, 3.63) is 122 Å². The van der Waals surface area contributed by atoms with E-state index in [2.05, 4.69) is 36.8 Å². The fourth-order valence-corrected chi connectivity index (χ4v) is 5.38. The van der Waals surface area contributed by atoms with E-state index in [-0.39, 0.29) is 18.3 Å².